The summed E-state index contributed by atoms with van der Waals surface area (Å²) in [6, 6.07) is 0. The summed E-state index contributed by atoms with van der Waals surface area (Å²) in [4.78, 5) is 35.1. The Bertz CT molecular complexity index is 1270. The highest BCUT2D eigenvalue weighted by Crippen LogP contribution is 2.43. The van der Waals surface area contributed by atoms with Crippen LogP contribution in [-0.4, -0.2) is 65.7 Å². The van der Waals surface area contributed by atoms with Crippen LogP contribution in [0.15, 0.2) is 72.9 Å². The van der Waals surface area contributed by atoms with Crippen molar-refractivity contribution in [2.45, 2.75) is 219 Å². The molecule has 63 heavy (non-hydrogen) atoms. The molecule has 0 aliphatic rings. The lowest BCUT2D eigenvalue weighted by Crippen LogP contribution is -2.29. The van der Waals surface area contributed by atoms with Crippen LogP contribution in [0.25, 0.3) is 0 Å². The highest BCUT2D eigenvalue weighted by atomic mass is 31.2. The summed E-state index contributed by atoms with van der Waals surface area (Å²) in [6.07, 6.45) is 56.1. The van der Waals surface area contributed by atoms with Crippen molar-refractivity contribution in [3.05, 3.63) is 72.9 Å². The second-order valence-corrected chi connectivity index (χ2v) is 17.9. The van der Waals surface area contributed by atoms with Gasteiger partial charge in [-0.3, -0.25) is 18.6 Å². The molecule has 3 N–H and O–H groups in total. The van der Waals surface area contributed by atoms with Gasteiger partial charge < -0.3 is 24.6 Å². The van der Waals surface area contributed by atoms with Gasteiger partial charge in [0.2, 0.25) is 0 Å². The van der Waals surface area contributed by atoms with E-state index >= 15 is 0 Å². The zero-order chi connectivity index (χ0) is 46.2. The Labute approximate surface area is 384 Å². The highest BCUT2D eigenvalue weighted by Gasteiger charge is 2.27. The van der Waals surface area contributed by atoms with Gasteiger partial charge in [-0.2, -0.15) is 0 Å². The molecule has 0 bridgehead atoms. The fourth-order valence-electron chi connectivity index (χ4n) is 6.56. The van der Waals surface area contributed by atoms with Crippen molar-refractivity contribution in [3.8, 4) is 0 Å². The zero-order valence-electron chi connectivity index (χ0n) is 39.8. The molecule has 0 aliphatic carbocycles. The van der Waals surface area contributed by atoms with Gasteiger partial charge in [-0.25, -0.2) is 4.57 Å². The van der Waals surface area contributed by atoms with Crippen LogP contribution in [-0.2, 0) is 32.7 Å². The maximum atomic E-state index is 12.7. The average Bonchev–Trinajstić information content (AvgIpc) is 3.27. The highest BCUT2D eigenvalue weighted by molar-refractivity contribution is 7.47. The molecular weight excluding hydrogens is 816 g/mol. The molecule has 0 aromatic heterocycles. The quantitative estimate of drug-likeness (QED) is 0.0233. The van der Waals surface area contributed by atoms with Gasteiger partial charge in [0.25, 0.3) is 0 Å². The number of ether oxygens (including phenoxy) is 2. The molecule has 0 heterocycles. The summed E-state index contributed by atoms with van der Waals surface area (Å²) < 4.78 is 32.7. The van der Waals surface area contributed by atoms with E-state index in [0.29, 0.717) is 19.3 Å². The Balaban J connectivity index is 4.28. The molecule has 10 nitrogen and oxygen atoms in total. The molecule has 0 aliphatic heterocycles. The molecule has 11 heteroatoms. The number of hydrogen-bond acceptors (Lipinski definition) is 9. The summed E-state index contributed by atoms with van der Waals surface area (Å²) >= 11 is 0. The van der Waals surface area contributed by atoms with E-state index in [1.807, 2.05) is 6.08 Å². The maximum absolute atomic E-state index is 12.7. The first-order valence-electron chi connectivity index (χ1n) is 24.9. The van der Waals surface area contributed by atoms with E-state index < -0.39 is 51.8 Å². The van der Waals surface area contributed by atoms with Crippen molar-refractivity contribution in [1.29, 1.82) is 0 Å². The molecule has 0 fully saturated rings. The first-order valence-corrected chi connectivity index (χ1v) is 26.4. The van der Waals surface area contributed by atoms with Crippen LogP contribution in [0.5, 0.6) is 0 Å². The van der Waals surface area contributed by atoms with E-state index in [-0.39, 0.29) is 19.4 Å². The predicted octanol–water partition coefficient (Wildman–Crippen LogP) is 14.0. The van der Waals surface area contributed by atoms with Gasteiger partial charge in [-0.1, -0.05) is 196 Å². The lowest BCUT2D eigenvalue weighted by molar-refractivity contribution is -0.161. The number of phosphoric acid groups is 1. The molecule has 0 spiro atoms. The molecular formula is C52H91O10P. The molecule has 0 amide bonds. The molecule has 1 unspecified atom stereocenters. The van der Waals surface area contributed by atoms with Gasteiger partial charge >= 0.3 is 19.8 Å². The Hall–Kier alpha value is -2.59. The zero-order valence-corrected chi connectivity index (χ0v) is 40.7. The molecule has 0 saturated heterocycles. The topological polar surface area (TPSA) is 149 Å². The summed E-state index contributed by atoms with van der Waals surface area (Å²) in [6.45, 7) is 2.19. The number of aliphatic hydroxyl groups excluding tert-OH is 2. The van der Waals surface area contributed by atoms with Gasteiger partial charge in [0.05, 0.1) is 19.8 Å². The van der Waals surface area contributed by atoms with E-state index in [9.17, 15) is 24.2 Å². The minimum atomic E-state index is -4.65. The number of phosphoric ester groups is 1. The van der Waals surface area contributed by atoms with Crippen molar-refractivity contribution in [1.82, 2.24) is 0 Å². The number of carbonyl (C=O) groups is 2. The first-order chi connectivity index (χ1) is 30.7. The fourth-order valence-corrected chi connectivity index (χ4v) is 7.35. The molecule has 0 radical (unpaired) electrons. The third-order valence-corrected chi connectivity index (χ3v) is 11.3. The van der Waals surface area contributed by atoms with E-state index in [1.165, 1.54) is 109 Å². The third-order valence-electron chi connectivity index (χ3n) is 10.3. The second kappa shape index (κ2) is 47.4. The number of unbranched alkanes of at least 4 members (excludes halogenated alkanes) is 20. The van der Waals surface area contributed by atoms with Gasteiger partial charge in [0.1, 0.15) is 12.7 Å². The average molecular weight is 907 g/mol. The molecule has 0 aromatic carbocycles. The van der Waals surface area contributed by atoms with Gasteiger partial charge in [-0.05, 0) is 70.6 Å². The number of allylic oxidation sites excluding steroid dienone is 12. The van der Waals surface area contributed by atoms with E-state index in [4.69, 9.17) is 23.6 Å². The number of hydrogen-bond donors (Lipinski definition) is 3. The van der Waals surface area contributed by atoms with Crippen molar-refractivity contribution in [3.63, 3.8) is 0 Å². The van der Waals surface area contributed by atoms with Crippen LogP contribution in [0.1, 0.15) is 206 Å². The SMILES string of the molecule is CC/C=C/C/C=C/C/C=C/C/C=C/C/C=C/CCCC(=O)OC[C@H](COP(=O)(O)OC[C@@H](O)CO)OC(=O)CCC/C=C/CCCCCCCCCCCCCCCCCCCC. The van der Waals surface area contributed by atoms with Gasteiger partial charge in [-0.15, -0.1) is 0 Å². The number of esters is 2. The Morgan fingerprint density at radius 1 is 0.492 bits per heavy atom. The van der Waals surface area contributed by atoms with Gasteiger partial charge in [0, 0.05) is 12.8 Å². The van der Waals surface area contributed by atoms with Crippen molar-refractivity contribution in [2.24, 2.45) is 0 Å². The van der Waals surface area contributed by atoms with E-state index in [0.717, 1.165) is 51.4 Å². The minimum absolute atomic E-state index is 0.122. The maximum Gasteiger partial charge on any atom is 0.472 e. The molecule has 0 aromatic rings. The normalized spacial score (nSPS) is 14.3. The Morgan fingerprint density at radius 2 is 0.873 bits per heavy atom. The first kappa shape index (κ1) is 60.4. The summed E-state index contributed by atoms with van der Waals surface area (Å²) in [5.74, 6) is -1.03. The van der Waals surface area contributed by atoms with E-state index in [2.05, 4.69) is 80.7 Å². The van der Waals surface area contributed by atoms with Crippen LogP contribution < -0.4 is 0 Å². The number of rotatable bonds is 46. The standard InChI is InChI=1S/C52H91O10P/c1-3-5-7-9-11-13-15-17-19-21-22-23-24-25-26-28-30-32-34-36-38-40-42-44-52(56)62-50(48-61-63(57,58)60-46-49(54)45-53)47-59-51(55)43-41-39-37-35-33-31-29-27-20-18-16-14-12-10-8-6-4-2/h6,8,12,14,18,20,29,31,35-38,49-50,53-54H,3-5,7,9-11,13,15-17,19,21-28,30,32-34,39-48H2,1-2H3,(H,57,58)/b8-6+,14-12+,20-18+,31-29+,37-35+,38-36+/t49-,50+/m0/s1. The Morgan fingerprint density at radius 3 is 1.33 bits per heavy atom. The molecule has 0 rings (SSSR count). The predicted molar refractivity (Wildman–Crippen MR) is 260 cm³/mol. The van der Waals surface area contributed by atoms with Crippen molar-refractivity contribution < 1.29 is 47.8 Å². The van der Waals surface area contributed by atoms with Crippen LogP contribution >= 0.6 is 7.82 Å². The fraction of sp³-hybridized carbons (Fsp3) is 0.731. The summed E-state index contributed by atoms with van der Waals surface area (Å²) in [5, 5.41) is 18.4. The number of aliphatic hydroxyl groups is 2. The van der Waals surface area contributed by atoms with Crippen LogP contribution in [0, 0.1) is 0 Å². The minimum Gasteiger partial charge on any atom is -0.462 e. The smallest absolute Gasteiger partial charge is 0.462 e. The molecule has 364 valence electrons. The van der Waals surface area contributed by atoms with Crippen molar-refractivity contribution in [2.75, 3.05) is 26.4 Å². The van der Waals surface area contributed by atoms with Crippen molar-refractivity contribution >= 4 is 19.8 Å². The van der Waals surface area contributed by atoms with Gasteiger partial charge in [0.15, 0.2) is 6.10 Å². The molecule has 3 atom stereocenters. The molecule has 0 saturated carbocycles. The lowest BCUT2D eigenvalue weighted by Gasteiger charge is -2.20. The van der Waals surface area contributed by atoms with E-state index in [1.54, 1.807) is 0 Å². The lowest BCUT2D eigenvalue weighted by atomic mass is 10.0. The Kier molecular flexibility index (Phi) is 45.4. The monoisotopic (exact) mass is 907 g/mol. The van der Waals surface area contributed by atoms with Crippen LogP contribution in [0.3, 0.4) is 0 Å². The third kappa shape index (κ3) is 47.2. The summed E-state index contributed by atoms with van der Waals surface area (Å²) in [5.41, 5.74) is 0. The number of carbonyl (C=O) groups excluding carboxylic acids is 2. The van der Waals surface area contributed by atoms with Crippen LogP contribution in [0.4, 0.5) is 0 Å². The largest absolute Gasteiger partial charge is 0.472 e. The second-order valence-electron chi connectivity index (χ2n) is 16.5. The van der Waals surface area contributed by atoms with Crippen LogP contribution in [0.2, 0.25) is 0 Å². The summed E-state index contributed by atoms with van der Waals surface area (Å²) in [7, 11) is -4.65.